The molecule has 1 unspecified atom stereocenters. The van der Waals surface area contributed by atoms with Crippen molar-refractivity contribution >= 4 is 18.7 Å². The van der Waals surface area contributed by atoms with Crippen LogP contribution in [0.25, 0.3) is 0 Å². The molecule has 1 atom stereocenters. The summed E-state index contributed by atoms with van der Waals surface area (Å²) < 4.78 is 26.6. The molecule has 6 nitrogen and oxygen atoms in total. The summed E-state index contributed by atoms with van der Waals surface area (Å²) in [5.41, 5.74) is -1.05. The van der Waals surface area contributed by atoms with Crippen molar-refractivity contribution in [3.8, 4) is 6.07 Å². The lowest BCUT2D eigenvalue weighted by molar-refractivity contribution is 0.00578. The highest BCUT2D eigenvalue weighted by Gasteiger charge is 2.51. The lowest BCUT2D eigenvalue weighted by atomic mass is 9.78. The molecule has 1 heterocycles. The largest absolute Gasteiger partial charge is 0.494 e. The number of amides is 1. The minimum absolute atomic E-state index is 0.0461. The Morgan fingerprint density at radius 2 is 1.82 bits per heavy atom. The molecular weight excluding hydrogens is 362 g/mol. The summed E-state index contributed by atoms with van der Waals surface area (Å²) in [5, 5.41) is 19.0. The molecule has 0 radical (unpaired) electrons. The lowest BCUT2D eigenvalue weighted by Crippen LogP contribution is -2.51. The molecule has 28 heavy (non-hydrogen) atoms. The number of hydrogen-bond acceptors (Lipinski definition) is 4. The topological polar surface area (TPSA) is 82.8 Å². The smallest absolute Gasteiger partial charge is 0.465 e. The number of nitriles is 1. The van der Waals surface area contributed by atoms with Gasteiger partial charge in [0.1, 0.15) is 11.9 Å². The van der Waals surface area contributed by atoms with E-state index in [-0.39, 0.29) is 12.0 Å². The maximum atomic E-state index is 14.8. The maximum Gasteiger partial charge on any atom is 0.494 e. The lowest BCUT2D eigenvalue weighted by Gasteiger charge is -2.36. The van der Waals surface area contributed by atoms with Crippen molar-refractivity contribution in [2.45, 2.75) is 77.7 Å². The van der Waals surface area contributed by atoms with Crippen molar-refractivity contribution in [2.75, 3.05) is 0 Å². The zero-order chi connectivity index (χ0) is 21.5. The Bertz CT molecular complexity index is 782. The maximum absolute atomic E-state index is 14.8. The van der Waals surface area contributed by atoms with Gasteiger partial charge in [-0.1, -0.05) is 12.1 Å². The first-order valence-electron chi connectivity index (χ1n) is 9.25. The van der Waals surface area contributed by atoms with Crippen LogP contribution < -0.4 is 5.46 Å². The van der Waals surface area contributed by atoms with Gasteiger partial charge in [-0.25, -0.2) is 9.18 Å². The van der Waals surface area contributed by atoms with E-state index in [2.05, 4.69) is 0 Å². The van der Waals surface area contributed by atoms with Gasteiger partial charge in [-0.2, -0.15) is 5.26 Å². The number of carboxylic acid groups (broad SMARTS) is 1. The second-order valence-corrected chi connectivity index (χ2v) is 9.11. The number of nitrogens with zero attached hydrogens (tertiary/aromatic N) is 2. The normalized spacial score (nSPS) is 19.2. The Kier molecular flexibility index (Phi) is 5.85. The van der Waals surface area contributed by atoms with Crippen LogP contribution in [0, 0.1) is 17.1 Å². The van der Waals surface area contributed by atoms with Crippen molar-refractivity contribution in [1.82, 2.24) is 4.90 Å². The number of halogens is 1. The van der Waals surface area contributed by atoms with Gasteiger partial charge in [0.05, 0.1) is 17.3 Å². The molecule has 0 spiro atoms. The minimum Gasteiger partial charge on any atom is -0.465 e. The minimum atomic E-state index is -1.21. The second kappa shape index (κ2) is 7.38. The first kappa shape index (κ1) is 22.2. The van der Waals surface area contributed by atoms with E-state index in [0.717, 1.165) is 4.90 Å². The summed E-state index contributed by atoms with van der Waals surface area (Å²) in [6.07, 6.45) is -1.26. The number of carbonyl (C=O) groups is 1. The molecule has 0 aliphatic carbocycles. The van der Waals surface area contributed by atoms with Gasteiger partial charge < -0.3 is 14.4 Å². The molecule has 8 heteroatoms. The number of rotatable bonds is 4. The fraction of sp³-hybridized carbons (Fsp3) is 0.600. The molecule has 152 valence electrons. The van der Waals surface area contributed by atoms with Crippen LogP contribution in [0.1, 0.15) is 54.0 Å². The third-order valence-corrected chi connectivity index (χ3v) is 5.41. The van der Waals surface area contributed by atoms with Crippen molar-refractivity contribution in [2.24, 2.45) is 0 Å². The van der Waals surface area contributed by atoms with Gasteiger partial charge in [0.25, 0.3) is 0 Å². The number of hydrogen-bond donors (Lipinski definition) is 1. The Hall–Kier alpha value is -2.11. The Morgan fingerprint density at radius 1 is 1.29 bits per heavy atom. The molecule has 1 aliphatic rings. The van der Waals surface area contributed by atoms with E-state index in [0.29, 0.717) is 5.46 Å². The van der Waals surface area contributed by atoms with Crippen LogP contribution in [0.2, 0.25) is 0 Å². The predicted octanol–water partition coefficient (Wildman–Crippen LogP) is 3.34. The van der Waals surface area contributed by atoms with Crippen molar-refractivity contribution in [3.63, 3.8) is 0 Å². The Balaban J connectivity index is 2.25. The van der Waals surface area contributed by atoms with Gasteiger partial charge in [-0.05, 0) is 65.6 Å². The van der Waals surface area contributed by atoms with Gasteiger partial charge in [0.2, 0.25) is 0 Å². The zero-order valence-corrected chi connectivity index (χ0v) is 17.5. The van der Waals surface area contributed by atoms with Crippen LogP contribution in [0.5, 0.6) is 0 Å². The fourth-order valence-electron chi connectivity index (χ4n) is 3.15. The van der Waals surface area contributed by atoms with Crippen molar-refractivity contribution < 1.29 is 23.6 Å². The summed E-state index contributed by atoms with van der Waals surface area (Å²) in [5.74, 6) is -0.522. The van der Waals surface area contributed by atoms with E-state index in [1.807, 2.05) is 33.8 Å². The molecule has 1 N–H and O–H groups in total. The van der Waals surface area contributed by atoms with E-state index in [1.54, 1.807) is 32.9 Å². The van der Waals surface area contributed by atoms with Crippen LogP contribution in [-0.2, 0) is 15.7 Å². The van der Waals surface area contributed by atoms with E-state index in [9.17, 15) is 19.6 Å². The van der Waals surface area contributed by atoms with E-state index in [4.69, 9.17) is 9.31 Å². The zero-order valence-electron chi connectivity index (χ0n) is 17.5. The molecule has 1 aromatic rings. The highest BCUT2D eigenvalue weighted by atomic mass is 19.1. The average Bonchev–Trinajstić information content (AvgIpc) is 2.74. The molecule has 1 aliphatic heterocycles. The summed E-state index contributed by atoms with van der Waals surface area (Å²) in [7, 11) is -0.689. The highest BCUT2D eigenvalue weighted by Crippen LogP contribution is 2.36. The molecular formula is C20H28BFN2O4. The van der Waals surface area contributed by atoms with Crippen LogP contribution in [-0.4, -0.2) is 46.0 Å². The predicted molar refractivity (Wildman–Crippen MR) is 105 cm³/mol. The van der Waals surface area contributed by atoms with Gasteiger partial charge in [-0.3, -0.25) is 4.90 Å². The summed E-state index contributed by atoms with van der Waals surface area (Å²) in [6.45, 7) is 12.8. The average molecular weight is 390 g/mol. The SMILES string of the molecule is CC(C)(C)N(C(=O)O)C(C#N)Cc1ccc(B2OC(C)(C)C(C)(C)O2)cc1F. The quantitative estimate of drug-likeness (QED) is 0.798. The van der Waals surface area contributed by atoms with Crippen molar-refractivity contribution in [3.05, 3.63) is 29.6 Å². The molecule has 1 amide bonds. The summed E-state index contributed by atoms with van der Waals surface area (Å²) >= 11 is 0. The third kappa shape index (κ3) is 4.31. The Morgan fingerprint density at radius 3 is 2.21 bits per heavy atom. The van der Waals surface area contributed by atoms with Crippen molar-refractivity contribution in [1.29, 1.82) is 5.26 Å². The van der Waals surface area contributed by atoms with E-state index in [1.165, 1.54) is 6.07 Å². The first-order chi connectivity index (χ1) is 12.7. The number of benzene rings is 1. The molecule has 1 aromatic carbocycles. The van der Waals surface area contributed by atoms with Crippen LogP contribution in [0.3, 0.4) is 0 Å². The van der Waals surface area contributed by atoms with Gasteiger partial charge in [-0.15, -0.1) is 0 Å². The standard InChI is InChI=1S/C20H28BFN2O4/c1-18(2,3)24(17(25)26)15(12-23)10-13-8-9-14(11-16(13)22)21-27-19(4,5)20(6,7)28-21/h8-9,11,15H,10H2,1-7H3,(H,25,26). The third-order valence-electron chi connectivity index (χ3n) is 5.41. The monoisotopic (exact) mass is 390 g/mol. The second-order valence-electron chi connectivity index (χ2n) is 9.11. The first-order valence-corrected chi connectivity index (χ1v) is 9.25. The fourth-order valence-corrected chi connectivity index (χ4v) is 3.15. The van der Waals surface area contributed by atoms with Crippen LogP contribution in [0.4, 0.5) is 9.18 Å². The van der Waals surface area contributed by atoms with E-state index < -0.39 is 41.8 Å². The molecule has 2 rings (SSSR count). The summed E-state index contributed by atoms with van der Waals surface area (Å²) in [6, 6.07) is 5.56. The molecule has 1 saturated heterocycles. The molecule has 1 fully saturated rings. The molecule has 0 aromatic heterocycles. The highest BCUT2D eigenvalue weighted by molar-refractivity contribution is 6.62. The van der Waals surface area contributed by atoms with Gasteiger partial charge in [0, 0.05) is 12.0 Å². The molecule has 0 saturated carbocycles. The molecule has 0 bridgehead atoms. The van der Waals surface area contributed by atoms with Gasteiger partial charge in [0.15, 0.2) is 0 Å². The summed E-state index contributed by atoms with van der Waals surface area (Å²) in [4.78, 5) is 12.7. The van der Waals surface area contributed by atoms with Crippen LogP contribution >= 0.6 is 0 Å². The van der Waals surface area contributed by atoms with E-state index >= 15 is 0 Å². The van der Waals surface area contributed by atoms with Crippen LogP contribution in [0.15, 0.2) is 18.2 Å². The van der Waals surface area contributed by atoms with Gasteiger partial charge >= 0.3 is 13.2 Å². The Labute approximate surface area is 166 Å².